The number of carbonyl (C=O) groups excluding carboxylic acids is 1. The number of carbonyl (C=O) groups is 1. The van der Waals surface area contributed by atoms with Crippen LogP contribution in [-0.4, -0.2) is 11.0 Å². The largest absolute Gasteiger partial charge is 0.378 e. The van der Waals surface area contributed by atoms with E-state index in [4.69, 9.17) is 0 Å². The monoisotopic (exact) mass is 255 g/mol. The molecule has 0 fully saturated rings. The molecule has 3 heteroatoms. The van der Waals surface area contributed by atoms with Gasteiger partial charge >= 0.3 is 0 Å². The van der Waals surface area contributed by atoms with Crippen molar-refractivity contribution in [3.8, 4) is 0 Å². The molecular formula is C16H17NO2. The highest BCUT2D eigenvalue weighted by Crippen LogP contribution is 2.13. The lowest BCUT2D eigenvalue weighted by atomic mass is 10.1. The number of aryl methyl sites for hydroxylation is 1. The minimum absolute atomic E-state index is 0.382. The molecule has 0 heterocycles. The van der Waals surface area contributed by atoms with Crippen molar-refractivity contribution in [1.82, 2.24) is 5.32 Å². The molecule has 98 valence electrons. The summed E-state index contributed by atoms with van der Waals surface area (Å²) in [6.45, 7) is 2.38. The van der Waals surface area contributed by atoms with Crippen molar-refractivity contribution in [2.24, 2.45) is 0 Å². The Morgan fingerprint density at radius 1 is 1.11 bits per heavy atom. The predicted molar refractivity (Wildman–Crippen MR) is 74.4 cm³/mol. The van der Waals surface area contributed by atoms with Crippen LogP contribution in [-0.2, 0) is 11.3 Å². The first kappa shape index (κ1) is 13.3. The number of hydrogen-bond donors (Lipinski definition) is 2. The summed E-state index contributed by atoms with van der Waals surface area (Å²) in [6.07, 6.45) is -1.12. The maximum Gasteiger partial charge on any atom is 0.253 e. The van der Waals surface area contributed by atoms with Crippen LogP contribution < -0.4 is 5.32 Å². The second-order valence-corrected chi connectivity index (χ2v) is 4.52. The lowest BCUT2D eigenvalue weighted by molar-refractivity contribution is -0.129. The number of nitrogens with one attached hydrogen (secondary N) is 1. The summed E-state index contributed by atoms with van der Waals surface area (Å²) in [5.74, 6) is -0.382. The quantitative estimate of drug-likeness (QED) is 0.881. The van der Waals surface area contributed by atoms with E-state index >= 15 is 0 Å². The molecule has 0 aliphatic carbocycles. The number of rotatable bonds is 4. The molecule has 0 radical (unpaired) electrons. The van der Waals surface area contributed by atoms with E-state index in [1.54, 1.807) is 12.1 Å². The fourth-order valence-corrected chi connectivity index (χ4v) is 1.78. The SMILES string of the molecule is Cc1ccc([C@@H](O)C(=O)NCc2ccccc2)cc1. The zero-order valence-electron chi connectivity index (χ0n) is 10.8. The third-order valence-corrected chi connectivity index (χ3v) is 2.95. The molecule has 0 saturated heterocycles. The molecule has 1 atom stereocenters. The lowest BCUT2D eigenvalue weighted by Crippen LogP contribution is -2.28. The van der Waals surface area contributed by atoms with Crippen molar-refractivity contribution >= 4 is 5.91 Å². The van der Waals surface area contributed by atoms with Crippen LogP contribution in [0.15, 0.2) is 54.6 Å². The number of aliphatic hydroxyl groups is 1. The van der Waals surface area contributed by atoms with Gasteiger partial charge in [0.1, 0.15) is 0 Å². The summed E-state index contributed by atoms with van der Waals surface area (Å²) < 4.78 is 0. The van der Waals surface area contributed by atoms with Crippen molar-refractivity contribution < 1.29 is 9.90 Å². The van der Waals surface area contributed by atoms with Crippen LogP contribution in [0, 0.1) is 6.92 Å². The van der Waals surface area contributed by atoms with Crippen LogP contribution in [0.25, 0.3) is 0 Å². The second-order valence-electron chi connectivity index (χ2n) is 4.52. The number of benzene rings is 2. The predicted octanol–water partition coefficient (Wildman–Crippen LogP) is 2.34. The van der Waals surface area contributed by atoms with Gasteiger partial charge in [-0.1, -0.05) is 60.2 Å². The highest BCUT2D eigenvalue weighted by atomic mass is 16.3. The zero-order chi connectivity index (χ0) is 13.7. The first-order chi connectivity index (χ1) is 9.16. The van der Waals surface area contributed by atoms with Crippen LogP contribution in [0.1, 0.15) is 22.8 Å². The number of aliphatic hydroxyl groups excluding tert-OH is 1. The third-order valence-electron chi connectivity index (χ3n) is 2.95. The minimum Gasteiger partial charge on any atom is -0.378 e. The van der Waals surface area contributed by atoms with E-state index in [0.29, 0.717) is 12.1 Å². The van der Waals surface area contributed by atoms with Gasteiger partial charge < -0.3 is 10.4 Å². The number of hydrogen-bond acceptors (Lipinski definition) is 2. The highest BCUT2D eigenvalue weighted by Gasteiger charge is 2.16. The van der Waals surface area contributed by atoms with Gasteiger partial charge in [-0.2, -0.15) is 0 Å². The average molecular weight is 255 g/mol. The Bertz CT molecular complexity index is 534. The molecular weight excluding hydrogens is 238 g/mol. The summed E-state index contributed by atoms with van der Waals surface area (Å²) in [5, 5.41) is 12.7. The molecule has 19 heavy (non-hydrogen) atoms. The van der Waals surface area contributed by atoms with Gasteiger partial charge in [-0.15, -0.1) is 0 Å². The van der Waals surface area contributed by atoms with Crippen molar-refractivity contribution in [1.29, 1.82) is 0 Å². The normalized spacial score (nSPS) is 11.9. The number of amides is 1. The molecule has 2 N–H and O–H groups in total. The molecule has 0 spiro atoms. The summed E-state index contributed by atoms with van der Waals surface area (Å²) in [7, 11) is 0. The van der Waals surface area contributed by atoms with Crippen LogP contribution in [0.2, 0.25) is 0 Å². The standard InChI is InChI=1S/C16H17NO2/c1-12-7-9-14(10-8-12)15(18)16(19)17-11-13-5-3-2-4-6-13/h2-10,15,18H,11H2,1H3,(H,17,19)/t15-/m1/s1. The fourth-order valence-electron chi connectivity index (χ4n) is 1.78. The topological polar surface area (TPSA) is 49.3 Å². The highest BCUT2D eigenvalue weighted by molar-refractivity contribution is 5.81. The summed E-state index contributed by atoms with van der Waals surface area (Å²) >= 11 is 0. The van der Waals surface area contributed by atoms with Crippen molar-refractivity contribution in [2.45, 2.75) is 19.6 Å². The van der Waals surface area contributed by atoms with Gasteiger partial charge in [0.25, 0.3) is 5.91 Å². The second kappa shape index (κ2) is 6.16. The molecule has 0 aliphatic rings. The van der Waals surface area contributed by atoms with Crippen LogP contribution >= 0.6 is 0 Å². The van der Waals surface area contributed by atoms with Crippen molar-refractivity contribution in [2.75, 3.05) is 0 Å². The van der Waals surface area contributed by atoms with Gasteiger partial charge in [-0.25, -0.2) is 0 Å². The Hall–Kier alpha value is -2.13. The Morgan fingerprint density at radius 2 is 1.74 bits per heavy atom. The van der Waals surface area contributed by atoms with E-state index in [9.17, 15) is 9.90 Å². The van der Waals surface area contributed by atoms with E-state index in [0.717, 1.165) is 11.1 Å². The smallest absolute Gasteiger partial charge is 0.253 e. The zero-order valence-corrected chi connectivity index (χ0v) is 10.8. The molecule has 1 amide bonds. The maximum atomic E-state index is 11.8. The van der Waals surface area contributed by atoms with Gasteiger partial charge in [0.2, 0.25) is 0 Å². The Balaban J connectivity index is 1.94. The molecule has 2 aromatic carbocycles. The molecule has 0 saturated carbocycles. The summed E-state index contributed by atoms with van der Waals surface area (Å²) in [6, 6.07) is 16.9. The molecule has 0 unspecified atom stereocenters. The molecule has 2 rings (SSSR count). The fraction of sp³-hybridized carbons (Fsp3) is 0.188. The van der Waals surface area contributed by atoms with E-state index in [1.165, 1.54) is 0 Å². The molecule has 0 aliphatic heterocycles. The molecule has 3 nitrogen and oxygen atoms in total. The molecule has 0 aromatic heterocycles. The average Bonchev–Trinajstić information content (AvgIpc) is 2.46. The maximum absolute atomic E-state index is 11.8. The Labute approximate surface area is 112 Å². The molecule has 0 bridgehead atoms. The van der Waals surface area contributed by atoms with Crippen LogP contribution in [0.4, 0.5) is 0 Å². The Kier molecular flexibility index (Phi) is 4.31. The van der Waals surface area contributed by atoms with Crippen LogP contribution in [0.5, 0.6) is 0 Å². The van der Waals surface area contributed by atoms with E-state index in [2.05, 4.69) is 5.32 Å². The summed E-state index contributed by atoms with van der Waals surface area (Å²) in [4.78, 5) is 11.8. The first-order valence-corrected chi connectivity index (χ1v) is 6.23. The van der Waals surface area contributed by atoms with Gasteiger partial charge in [-0.3, -0.25) is 4.79 Å². The van der Waals surface area contributed by atoms with Gasteiger partial charge in [0, 0.05) is 6.54 Å². The minimum atomic E-state index is -1.12. The van der Waals surface area contributed by atoms with E-state index < -0.39 is 6.10 Å². The Morgan fingerprint density at radius 3 is 2.37 bits per heavy atom. The van der Waals surface area contributed by atoms with E-state index in [1.807, 2.05) is 49.4 Å². The third kappa shape index (κ3) is 3.66. The van der Waals surface area contributed by atoms with Crippen LogP contribution in [0.3, 0.4) is 0 Å². The molecule has 2 aromatic rings. The van der Waals surface area contributed by atoms with Crippen molar-refractivity contribution in [3.05, 3.63) is 71.3 Å². The van der Waals surface area contributed by atoms with Gasteiger partial charge in [0.15, 0.2) is 6.10 Å². The van der Waals surface area contributed by atoms with Gasteiger partial charge in [-0.05, 0) is 18.1 Å². The summed E-state index contributed by atoms with van der Waals surface area (Å²) in [5.41, 5.74) is 2.71. The van der Waals surface area contributed by atoms with E-state index in [-0.39, 0.29) is 5.91 Å². The van der Waals surface area contributed by atoms with Crippen molar-refractivity contribution in [3.63, 3.8) is 0 Å². The lowest BCUT2D eigenvalue weighted by Gasteiger charge is -2.12. The first-order valence-electron chi connectivity index (χ1n) is 6.23. The van der Waals surface area contributed by atoms with Gasteiger partial charge in [0.05, 0.1) is 0 Å².